The van der Waals surface area contributed by atoms with E-state index in [1.54, 1.807) is 38.1 Å². The summed E-state index contributed by atoms with van der Waals surface area (Å²) in [5.41, 5.74) is 2.92. The number of benzene rings is 2. The number of nitrogens with one attached hydrogen (secondary N) is 1. The molecule has 2 N–H and O–H groups in total. The second-order valence-corrected chi connectivity index (χ2v) is 7.99. The van der Waals surface area contributed by atoms with E-state index in [2.05, 4.69) is 15.4 Å². The van der Waals surface area contributed by atoms with Crippen LogP contribution in [0.1, 0.15) is 35.9 Å². The molecule has 0 bridgehead atoms. The molecular weight excluding hydrogens is 424 g/mol. The van der Waals surface area contributed by atoms with Gasteiger partial charge in [-0.3, -0.25) is 4.79 Å². The van der Waals surface area contributed by atoms with Crippen LogP contribution in [0.5, 0.6) is 23.0 Å². The first kappa shape index (κ1) is 20.9. The van der Waals surface area contributed by atoms with Gasteiger partial charge in [-0.2, -0.15) is 10.1 Å². The van der Waals surface area contributed by atoms with Crippen LogP contribution in [-0.2, 0) is 4.79 Å². The van der Waals surface area contributed by atoms with E-state index in [0.29, 0.717) is 35.2 Å². The van der Waals surface area contributed by atoms with Gasteiger partial charge < -0.3 is 24.6 Å². The maximum atomic E-state index is 13.5. The van der Waals surface area contributed by atoms with Crippen molar-refractivity contribution in [2.75, 3.05) is 26.6 Å². The van der Waals surface area contributed by atoms with Gasteiger partial charge in [0.2, 0.25) is 11.7 Å². The van der Waals surface area contributed by atoms with Gasteiger partial charge in [-0.15, -0.1) is 0 Å². The Morgan fingerprint density at radius 2 is 1.79 bits per heavy atom. The third-order valence-corrected chi connectivity index (χ3v) is 6.24. The number of methoxy groups -OCH3 is 3. The zero-order valence-corrected chi connectivity index (χ0v) is 18.5. The van der Waals surface area contributed by atoms with E-state index in [0.717, 1.165) is 16.8 Å². The molecule has 9 heteroatoms. The zero-order chi connectivity index (χ0) is 23.1. The van der Waals surface area contributed by atoms with E-state index in [-0.39, 0.29) is 23.9 Å². The summed E-state index contributed by atoms with van der Waals surface area (Å²) in [7, 11) is 4.65. The first-order chi connectivity index (χ1) is 16.0. The van der Waals surface area contributed by atoms with Crippen LogP contribution in [0.4, 0.5) is 5.95 Å². The predicted molar refractivity (Wildman–Crippen MR) is 120 cm³/mol. The molecule has 2 atom stereocenters. The minimum Gasteiger partial charge on any atom is -0.508 e. The fourth-order valence-electron chi connectivity index (χ4n) is 4.77. The highest BCUT2D eigenvalue weighted by molar-refractivity contribution is 6.00. The molecule has 1 aliphatic heterocycles. The second kappa shape index (κ2) is 8.16. The van der Waals surface area contributed by atoms with Crippen molar-refractivity contribution in [3.05, 3.63) is 65.1 Å². The van der Waals surface area contributed by atoms with E-state index in [4.69, 9.17) is 14.2 Å². The molecule has 0 saturated carbocycles. The molecule has 2 heterocycles. The summed E-state index contributed by atoms with van der Waals surface area (Å²) in [4.78, 5) is 17.9. The van der Waals surface area contributed by atoms with Crippen LogP contribution in [0.2, 0.25) is 0 Å². The smallest absolute Gasteiger partial charge is 0.226 e. The molecule has 0 saturated heterocycles. The minimum atomic E-state index is -0.509. The monoisotopic (exact) mass is 448 g/mol. The molecular formula is C24H24N4O5. The van der Waals surface area contributed by atoms with E-state index in [1.165, 1.54) is 6.33 Å². The van der Waals surface area contributed by atoms with E-state index in [1.807, 2.05) is 24.3 Å². The molecule has 1 aromatic heterocycles. The predicted octanol–water partition coefficient (Wildman–Crippen LogP) is 3.43. The van der Waals surface area contributed by atoms with Gasteiger partial charge in [0.05, 0.1) is 21.3 Å². The number of phenols is 1. The van der Waals surface area contributed by atoms with Crippen LogP contribution in [0.25, 0.3) is 0 Å². The number of aromatic hydroxyl groups is 1. The zero-order valence-electron chi connectivity index (χ0n) is 18.5. The molecule has 0 spiro atoms. The van der Waals surface area contributed by atoms with Crippen molar-refractivity contribution in [2.45, 2.75) is 24.8 Å². The Kier molecular flexibility index (Phi) is 5.16. The Hall–Kier alpha value is -4.01. The molecule has 5 rings (SSSR count). The number of hydrogen-bond acceptors (Lipinski definition) is 8. The first-order valence-electron chi connectivity index (χ1n) is 10.6. The fraction of sp³-hybridized carbons (Fsp3) is 0.292. The van der Waals surface area contributed by atoms with Gasteiger partial charge in [-0.05, 0) is 35.7 Å². The lowest BCUT2D eigenvalue weighted by molar-refractivity contribution is -0.116. The van der Waals surface area contributed by atoms with Crippen LogP contribution in [-0.4, -0.2) is 47.0 Å². The highest BCUT2D eigenvalue weighted by atomic mass is 16.5. The van der Waals surface area contributed by atoms with E-state index < -0.39 is 6.04 Å². The molecule has 33 heavy (non-hydrogen) atoms. The van der Waals surface area contributed by atoms with E-state index in [9.17, 15) is 9.90 Å². The van der Waals surface area contributed by atoms with Gasteiger partial charge in [-0.1, -0.05) is 18.2 Å². The molecule has 3 aromatic rings. The highest BCUT2D eigenvalue weighted by Crippen LogP contribution is 2.47. The number of nitrogens with zero attached hydrogens (tertiary/aromatic N) is 3. The highest BCUT2D eigenvalue weighted by Gasteiger charge is 2.40. The van der Waals surface area contributed by atoms with Gasteiger partial charge in [0.1, 0.15) is 18.1 Å². The first-order valence-corrected chi connectivity index (χ1v) is 10.6. The van der Waals surface area contributed by atoms with Crippen LogP contribution < -0.4 is 19.5 Å². The number of Topliss-reactive ketones (excluding diaryl/α,β-unsaturated/α-hetero) is 1. The molecule has 2 aromatic carbocycles. The van der Waals surface area contributed by atoms with Gasteiger partial charge in [0, 0.05) is 23.6 Å². The second-order valence-electron chi connectivity index (χ2n) is 7.99. The number of allylic oxidation sites excluding steroid dienone is 2. The fourth-order valence-corrected chi connectivity index (χ4v) is 4.77. The topological polar surface area (TPSA) is 108 Å². The van der Waals surface area contributed by atoms with Crippen LogP contribution in [0, 0.1) is 0 Å². The Morgan fingerprint density at radius 3 is 2.45 bits per heavy atom. The van der Waals surface area contributed by atoms with Crippen molar-refractivity contribution in [1.29, 1.82) is 0 Å². The molecule has 170 valence electrons. The number of phenolic OH excluding ortho intramolecular Hbond substituents is 1. The summed E-state index contributed by atoms with van der Waals surface area (Å²) in [6.45, 7) is 0. The molecule has 9 nitrogen and oxygen atoms in total. The average molecular weight is 448 g/mol. The van der Waals surface area contributed by atoms with Gasteiger partial charge in [0.15, 0.2) is 17.3 Å². The molecule has 0 amide bonds. The molecule has 0 fully saturated rings. The maximum absolute atomic E-state index is 13.5. The Morgan fingerprint density at radius 1 is 1.06 bits per heavy atom. The molecule has 0 unspecified atom stereocenters. The normalized spacial score (nSPS) is 19.4. The number of aromatic nitrogens is 3. The van der Waals surface area contributed by atoms with E-state index >= 15 is 0 Å². The van der Waals surface area contributed by atoms with Crippen LogP contribution in [0.15, 0.2) is 54.0 Å². The third-order valence-electron chi connectivity index (χ3n) is 6.24. The Bertz CT molecular complexity index is 1240. The summed E-state index contributed by atoms with van der Waals surface area (Å²) in [6.07, 6.45) is 2.30. The number of fused-ring (bicyclic) bond motifs is 1. The maximum Gasteiger partial charge on any atom is 0.226 e. The summed E-state index contributed by atoms with van der Waals surface area (Å²) in [6, 6.07) is 10.3. The Labute approximate surface area is 190 Å². The SMILES string of the molecule is COc1cc([C@@H]2C3=C(C[C@@H](c4ccccc4O)CC3=O)Nc3ncnn32)cc(OC)c1OC. The minimum absolute atomic E-state index is 0.0168. The van der Waals surface area contributed by atoms with Crippen molar-refractivity contribution in [3.8, 4) is 23.0 Å². The molecule has 2 aliphatic rings. The summed E-state index contributed by atoms with van der Waals surface area (Å²) in [5.74, 6) is 2.03. The van der Waals surface area contributed by atoms with Gasteiger partial charge in [-0.25, -0.2) is 4.68 Å². The molecule has 1 aliphatic carbocycles. The van der Waals surface area contributed by atoms with Crippen molar-refractivity contribution in [2.24, 2.45) is 0 Å². The summed E-state index contributed by atoms with van der Waals surface area (Å²) in [5, 5.41) is 18.0. The van der Waals surface area contributed by atoms with Gasteiger partial charge in [0.25, 0.3) is 0 Å². The van der Waals surface area contributed by atoms with Crippen molar-refractivity contribution >= 4 is 11.7 Å². The van der Waals surface area contributed by atoms with Crippen LogP contribution >= 0.6 is 0 Å². The lowest BCUT2D eigenvalue weighted by atomic mass is 9.77. The number of carbonyl (C=O) groups is 1. The lowest BCUT2D eigenvalue weighted by Crippen LogP contribution is -2.33. The average Bonchev–Trinajstić information content (AvgIpc) is 3.30. The number of anilines is 1. The standard InChI is InChI=1S/C24H24N4O5/c1-31-19-10-14(11-20(32-2)23(19)33-3)22-21-16(27-24-25-12-26-28(22)24)8-13(9-18(21)30)15-6-4-5-7-17(15)29/h4-7,10-13,22,29H,8-9H2,1-3H3,(H,25,26,27)/t13-,22-/m1/s1. The quantitative estimate of drug-likeness (QED) is 0.611. The van der Waals surface area contributed by atoms with Crippen LogP contribution in [0.3, 0.4) is 0 Å². The number of ether oxygens (including phenoxy) is 3. The largest absolute Gasteiger partial charge is 0.508 e. The summed E-state index contributed by atoms with van der Waals surface area (Å²) < 4.78 is 18.2. The van der Waals surface area contributed by atoms with Gasteiger partial charge >= 0.3 is 0 Å². The number of hydrogen-bond donors (Lipinski definition) is 2. The summed E-state index contributed by atoms with van der Waals surface area (Å²) >= 11 is 0. The number of rotatable bonds is 5. The number of para-hydroxylation sites is 1. The van der Waals surface area contributed by atoms with Crippen molar-refractivity contribution in [3.63, 3.8) is 0 Å². The molecule has 0 radical (unpaired) electrons. The van der Waals surface area contributed by atoms with Crippen molar-refractivity contribution in [1.82, 2.24) is 14.8 Å². The number of ketones is 1. The Balaban J connectivity index is 1.64. The lowest BCUT2D eigenvalue weighted by Gasteiger charge is -2.35. The number of carbonyl (C=O) groups excluding carboxylic acids is 1. The third kappa shape index (κ3) is 3.36. The van der Waals surface area contributed by atoms with Crippen molar-refractivity contribution < 1.29 is 24.1 Å².